The van der Waals surface area contributed by atoms with Crippen LogP contribution in [0.4, 0.5) is 5.69 Å². The minimum absolute atomic E-state index is 0.00450. The molecule has 0 saturated heterocycles. The first-order valence-corrected chi connectivity index (χ1v) is 21.8. The summed E-state index contributed by atoms with van der Waals surface area (Å²) in [7, 11) is -4.58. The van der Waals surface area contributed by atoms with Gasteiger partial charge < -0.3 is 19.0 Å². The molecule has 1 aliphatic heterocycles. The zero-order chi connectivity index (χ0) is 31.6. The summed E-state index contributed by atoms with van der Waals surface area (Å²) in [5, 5.41) is 0.639. The van der Waals surface area contributed by atoms with Gasteiger partial charge in [0.2, 0.25) is 0 Å². The molecule has 0 spiro atoms. The lowest BCUT2D eigenvalue weighted by Gasteiger charge is -2.36. The zero-order valence-electron chi connectivity index (χ0n) is 25.9. The van der Waals surface area contributed by atoms with Crippen molar-refractivity contribution in [3.63, 3.8) is 0 Å². The summed E-state index contributed by atoms with van der Waals surface area (Å²) >= 11 is 4.30. The molecule has 0 fully saturated rings. The van der Waals surface area contributed by atoms with Gasteiger partial charge in [-0.1, -0.05) is 41.5 Å². The standard InChI is InChI=1S/C32H39I2NO5Si2/c1-31(2,3)41(7,8)39-24-16-14-21-25(20-13-15-23(36)26(33)28(20)38-29(21)27(24)34)22-17-18(35)11-12-19(22)30(37)40-42(9,10)32(4,5)6/h11-17H,35H2,1-10H3. The van der Waals surface area contributed by atoms with E-state index in [1.54, 1.807) is 24.3 Å². The van der Waals surface area contributed by atoms with Crippen molar-refractivity contribution in [3.8, 4) is 28.2 Å². The van der Waals surface area contributed by atoms with Crippen LogP contribution in [0.25, 0.3) is 33.4 Å². The molecule has 2 aliphatic rings. The van der Waals surface area contributed by atoms with Crippen LogP contribution in [0.15, 0.2) is 51.7 Å². The van der Waals surface area contributed by atoms with Gasteiger partial charge in [0.05, 0.1) is 9.13 Å². The Morgan fingerprint density at radius 2 is 1.45 bits per heavy atom. The van der Waals surface area contributed by atoms with E-state index in [-0.39, 0.29) is 21.5 Å². The number of anilines is 1. The van der Waals surface area contributed by atoms with E-state index >= 15 is 0 Å². The molecule has 1 heterocycles. The number of nitrogen functional groups attached to an aromatic ring is 1. The number of hydrogen-bond acceptors (Lipinski definition) is 6. The lowest BCUT2D eigenvalue weighted by Crippen LogP contribution is -2.44. The van der Waals surface area contributed by atoms with Gasteiger partial charge in [-0.05, 0) is 129 Å². The fraction of sp³-hybridized carbons (Fsp3) is 0.375. The third kappa shape index (κ3) is 6.05. The van der Waals surface area contributed by atoms with Gasteiger partial charge in [-0.3, -0.25) is 4.79 Å². The molecule has 6 nitrogen and oxygen atoms in total. The number of hydrogen-bond donors (Lipinski definition) is 1. The van der Waals surface area contributed by atoms with E-state index in [1.807, 2.05) is 34.7 Å². The fourth-order valence-electron chi connectivity index (χ4n) is 4.10. The summed E-state index contributed by atoms with van der Waals surface area (Å²) < 4.78 is 20.8. The van der Waals surface area contributed by atoms with Gasteiger partial charge in [0.25, 0.3) is 16.6 Å². The number of halogens is 2. The SMILES string of the molecule is CC(C)(C)[Si](C)(C)OC(=O)c1ccc(N)cc1-c1c2ccc(=O)c(I)c-2oc2c(I)c(O[Si](C)(C)C(C)(C)C)ccc12. The highest BCUT2D eigenvalue weighted by atomic mass is 127. The summed E-state index contributed by atoms with van der Waals surface area (Å²) in [4.78, 5) is 26.6. The van der Waals surface area contributed by atoms with Crippen LogP contribution in [0.5, 0.6) is 5.75 Å². The topological polar surface area (TPSA) is 91.8 Å². The second-order valence-electron chi connectivity index (χ2n) is 13.8. The molecule has 2 N–H and O–H groups in total. The first kappa shape index (κ1) is 33.0. The molecule has 0 atom stereocenters. The molecule has 2 aromatic rings. The van der Waals surface area contributed by atoms with Crippen molar-refractivity contribution in [2.75, 3.05) is 5.73 Å². The quantitative estimate of drug-likeness (QED) is 0.0933. The van der Waals surface area contributed by atoms with Crippen LogP contribution in [0, 0.1) is 7.14 Å². The van der Waals surface area contributed by atoms with Crippen LogP contribution in [-0.2, 0) is 4.43 Å². The Morgan fingerprint density at radius 1 is 0.833 bits per heavy atom. The van der Waals surface area contributed by atoms with E-state index in [1.165, 1.54) is 6.07 Å². The minimum Gasteiger partial charge on any atom is -0.543 e. The minimum atomic E-state index is -2.42. The predicted octanol–water partition coefficient (Wildman–Crippen LogP) is 9.90. The Morgan fingerprint density at radius 3 is 2.05 bits per heavy atom. The van der Waals surface area contributed by atoms with Crippen LogP contribution < -0.4 is 15.6 Å². The molecule has 0 saturated carbocycles. The average molecular weight is 828 g/mol. The van der Waals surface area contributed by atoms with Crippen molar-refractivity contribution in [2.24, 2.45) is 0 Å². The summed E-state index contributed by atoms with van der Waals surface area (Å²) in [6.07, 6.45) is 0. The highest BCUT2D eigenvalue weighted by molar-refractivity contribution is 14.1. The normalized spacial score (nSPS) is 13.0. The largest absolute Gasteiger partial charge is 0.543 e. The first-order valence-electron chi connectivity index (χ1n) is 13.9. The summed E-state index contributed by atoms with van der Waals surface area (Å²) in [5.74, 6) is 0.808. The maximum atomic E-state index is 13.9. The van der Waals surface area contributed by atoms with Gasteiger partial charge in [0, 0.05) is 22.2 Å². The summed E-state index contributed by atoms with van der Waals surface area (Å²) in [6, 6.07) is 12.5. The smallest absolute Gasteiger partial charge is 0.325 e. The molecular formula is C32H39I2NO5Si2. The third-order valence-corrected chi connectivity index (χ3v) is 19.4. The average Bonchev–Trinajstić information content (AvgIpc) is 2.85. The predicted molar refractivity (Wildman–Crippen MR) is 195 cm³/mol. The summed E-state index contributed by atoms with van der Waals surface area (Å²) in [6.45, 7) is 21.4. The molecule has 0 bridgehead atoms. The van der Waals surface area contributed by atoms with Crippen LogP contribution in [0.3, 0.4) is 0 Å². The molecule has 0 amide bonds. The van der Waals surface area contributed by atoms with Crippen LogP contribution in [0.1, 0.15) is 51.9 Å². The van der Waals surface area contributed by atoms with E-state index in [9.17, 15) is 9.59 Å². The maximum Gasteiger partial charge on any atom is 0.325 e. The third-order valence-electron chi connectivity index (χ3n) is 8.72. The van der Waals surface area contributed by atoms with E-state index in [2.05, 4.69) is 90.3 Å². The second-order valence-corrected chi connectivity index (χ2v) is 25.4. The van der Waals surface area contributed by atoms with Crippen molar-refractivity contribution in [2.45, 2.75) is 77.8 Å². The molecule has 4 rings (SSSR count). The number of benzene rings is 3. The Balaban J connectivity index is 2.06. The van der Waals surface area contributed by atoms with E-state index in [0.717, 1.165) is 20.3 Å². The lowest BCUT2D eigenvalue weighted by molar-refractivity contribution is 0.0713. The number of carbonyl (C=O) groups is 1. The van der Waals surface area contributed by atoms with Gasteiger partial charge in [-0.25, -0.2) is 4.79 Å². The number of carbonyl (C=O) groups excluding carboxylic acids is 1. The van der Waals surface area contributed by atoms with Crippen molar-refractivity contribution in [3.05, 3.63) is 65.4 Å². The monoisotopic (exact) mass is 827 g/mol. The van der Waals surface area contributed by atoms with Gasteiger partial charge in [0.1, 0.15) is 9.32 Å². The van der Waals surface area contributed by atoms with E-state index in [4.69, 9.17) is 19.0 Å². The molecule has 2 aromatic carbocycles. The lowest BCUT2D eigenvalue weighted by atomic mass is 9.90. The molecule has 0 unspecified atom stereocenters. The van der Waals surface area contributed by atoms with Crippen molar-refractivity contribution in [1.29, 1.82) is 0 Å². The Labute approximate surface area is 277 Å². The number of nitrogens with two attached hydrogens (primary N) is 1. The van der Waals surface area contributed by atoms with Crippen LogP contribution in [-0.4, -0.2) is 22.6 Å². The van der Waals surface area contributed by atoms with Gasteiger partial charge in [-0.2, -0.15) is 0 Å². The number of fused-ring (bicyclic) bond motifs is 2. The van der Waals surface area contributed by atoms with Crippen LogP contribution >= 0.6 is 45.2 Å². The highest BCUT2D eigenvalue weighted by Crippen LogP contribution is 2.47. The molecular weight excluding hydrogens is 788 g/mol. The Bertz CT molecular complexity index is 1730. The molecule has 42 heavy (non-hydrogen) atoms. The second kappa shape index (κ2) is 11.2. The van der Waals surface area contributed by atoms with Crippen molar-refractivity contribution >= 4 is 84.4 Å². The molecule has 0 radical (unpaired) electrons. The van der Waals surface area contributed by atoms with Gasteiger partial charge in [0.15, 0.2) is 16.8 Å². The molecule has 10 heteroatoms. The highest BCUT2D eigenvalue weighted by Gasteiger charge is 2.42. The number of rotatable bonds is 5. The fourth-order valence-corrected chi connectivity index (χ4v) is 7.48. The Hall–Kier alpha value is -1.91. The molecule has 1 aliphatic carbocycles. The molecule has 224 valence electrons. The Kier molecular flexibility index (Phi) is 8.82. The van der Waals surface area contributed by atoms with Gasteiger partial charge >= 0.3 is 5.97 Å². The van der Waals surface area contributed by atoms with Crippen molar-refractivity contribution in [1.82, 2.24) is 0 Å². The summed E-state index contributed by atoms with van der Waals surface area (Å²) in [5.41, 5.74) is 9.82. The first-order chi connectivity index (χ1) is 19.2. The van der Waals surface area contributed by atoms with Gasteiger partial charge in [-0.15, -0.1) is 0 Å². The zero-order valence-corrected chi connectivity index (χ0v) is 32.2. The van der Waals surface area contributed by atoms with Crippen molar-refractivity contribution < 1.29 is 18.1 Å². The van der Waals surface area contributed by atoms with E-state index < -0.39 is 16.6 Å². The van der Waals surface area contributed by atoms with E-state index in [0.29, 0.717) is 37.3 Å². The molecule has 0 aromatic heterocycles. The maximum absolute atomic E-state index is 13.9. The van der Waals surface area contributed by atoms with Crippen LogP contribution in [0.2, 0.25) is 36.3 Å².